The maximum Gasteiger partial charge on any atom is 0.275 e. The van der Waals surface area contributed by atoms with Gasteiger partial charge in [-0.1, -0.05) is 38.0 Å². The van der Waals surface area contributed by atoms with Crippen LogP contribution in [0, 0.1) is 18.8 Å². The molecule has 20 heavy (non-hydrogen) atoms. The van der Waals surface area contributed by atoms with Crippen molar-refractivity contribution >= 4 is 21.4 Å². The van der Waals surface area contributed by atoms with E-state index < -0.39 is 0 Å². The Morgan fingerprint density at radius 3 is 3.00 bits per heavy atom. The molecule has 0 saturated heterocycles. The van der Waals surface area contributed by atoms with Crippen molar-refractivity contribution in [3.8, 4) is 0 Å². The lowest BCUT2D eigenvalue weighted by Gasteiger charge is -2.34. The van der Waals surface area contributed by atoms with Crippen LogP contribution in [-0.2, 0) is 0 Å². The van der Waals surface area contributed by atoms with Crippen LogP contribution in [0.15, 0.2) is 10.9 Å². The van der Waals surface area contributed by atoms with Gasteiger partial charge in [0, 0.05) is 17.8 Å². The fourth-order valence-corrected chi connectivity index (χ4v) is 3.84. The van der Waals surface area contributed by atoms with Gasteiger partial charge in [0.1, 0.15) is 0 Å². The molecule has 5 nitrogen and oxygen atoms in total. The van der Waals surface area contributed by atoms with E-state index in [1.165, 1.54) is 41.2 Å². The molecule has 1 aliphatic carbocycles. The molecule has 3 atom stereocenters. The summed E-state index contributed by atoms with van der Waals surface area (Å²) in [5.74, 6) is 1.36. The molecule has 2 aromatic heterocycles. The molecule has 0 amide bonds. The van der Waals surface area contributed by atoms with Gasteiger partial charge in [-0.05, 0) is 25.2 Å². The molecule has 0 aliphatic heterocycles. The Bertz CT molecular complexity index is 677. The number of aromatic nitrogens is 3. The van der Waals surface area contributed by atoms with Gasteiger partial charge < -0.3 is 5.32 Å². The highest BCUT2D eigenvalue weighted by Crippen LogP contribution is 2.32. The van der Waals surface area contributed by atoms with Gasteiger partial charge in [-0.3, -0.25) is 4.79 Å². The molecule has 0 bridgehead atoms. The van der Waals surface area contributed by atoms with Crippen molar-refractivity contribution in [2.24, 2.45) is 11.8 Å². The highest BCUT2D eigenvalue weighted by atomic mass is 32.1. The molecule has 1 saturated carbocycles. The fourth-order valence-electron chi connectivity index (χ4n) is 2.92. The molecular weight excluding hydrogens is 272 g/mol. The van der Waals surface area contributed by atoms with Crippen LogP contribution in [-0.4, -0.2) is 20.6 Å². The summed E-state index contributed by atoms with van der Waals surface area (Å²) in [5.41, 5.74) is 0.631. The van der Waals surface area contributed by atoms with Gasteiger partial charge in [-0.2, -0.15) is 4.52 Å². The average Bonchev–Trinajstić information content (AvgIpc) is 2.78. The molecule has 2 heterocycles. The zero-order valence-electron chi connectivity index (χ0n) is 12.1. The lowest BCUT2D eigenvalue weighted by Crippen LogP contribution is -2.35. The third kappa shape index (κ3) is 2.44. The van der Waals surface area contributed by atoms with Gasteiger partial charge in [0.05, 0.1) is 0 Å². The second kappa shape index (κ2) is 5.16. The number of aryl methyl sites for hydroxylation is 1. The van der Waals surface area contributed by atoms with Crippen LogP contribution in [0.2, 0.25) is 0 Å². The van der Waals surface area contributed by atoms with Gasteiger partial charge in [0.15, 0.2) is 0 Å². The number of hydrogen-bond acceptors (Lipinski definition) is 5. The Morgan fingerprint density at radius 2 is 2.20 bits per heavy atom. The van der Waals surface area contributed by atoms with Crippen LogP contribution in [0.5, 0.6) is 0 Å². The van der Waals surface area contributed by atoms with Crippen molar-refractivity contribution in [3.63, 3.8) is 0 Å². The van der Waals surface area contributed by atoms with Crippen LogP contribution in [0.1, 0.15) is 38.8 Å². The van der Waals surface area contributed by atoms with Gasteiger partial charge >= 0.3 is 0 Å². The maximum atomic E-state index is 11.9. The van der Waals surface area contributed by atoms with E-state index in [1.807, 2.05) is 6.92 Å². The highest BCUT2D eigenvalue weighted by molar-refractivity contribution is 7.20. The molecule has 2 aromatic rings. The molecule has 0 aromatic carbocycles. The van der Waals surface area contributed by atoms with Gasteiger partial charge in [0.25, 0.3) is 5.56 Å². The number of rotatable bonds is 2. The molecule has 3 rings (SSSR count). The lowest BCUT2D eigenvalue weighted by molar-refractivity contribution is 0.253. The molecule has 1 aliphatic rings. The van der Waals surface area contributed by atoms with Crippen LogP contribution < -0.4 is 10.9 Å². The Kier molecular flexibility index (Phi) is 3.50. The van der Waals surface area contributed by atoms with Gasteiger partial charge in [-0.15, -0.1) is 5.10 Å². The van der Waals surface area contributed by atoms with E-state index in [2.05, 4.69) is 29.2 Å². The van der Waals surface area contributed by atoms with E-state index in [0.29, 0.717) is 16.9 Å². The number of nitrogens with one attached hydrogen (secondary N) is 1. The molecule has 108 valence electrons. The Balaban J connectivity index is 1.88. The summed E-state index contributed by atoms with van der Waals surface area (Å²) in [6.45, 7) is 6.44. The Hall–Kier alpha value is -1.43. The average molecular weight is 292 g/mol. The minimum Gasteiger partial charge on any atom is -0.357 e. The second-order valence-corrected chi connectivity index (χ2v) is 6.81. The summed E-state index contributed by atoms with van der Waals surface area (Å²) in [4.78, 5) is 16.9. The molecule has 1 fully saturated rings. The second-order valence-electron chi connectivity index (χ2n) is 5.86. The van der Waals surface area contributed by atoms with Crippen molar-refractivity contribution in [2.45, 2.75) is 46.1 Å². The van der Waals surface area contributed by atoms with E-state index >= 15 is 0 Å². The van der Waals surface area contributed by atoms with Crippen molar-refractivity contribution in [1.29, 1.82) is 0 Å². The van der Waals surface area contributed by atoms with E-state index in [9.17, 15) is 4.79 Å². The zero-order chi connectivity index (χ0) is 14.3. The van der Waals surface area contributed by atoms with E-state index in [4.69, 9.17) is 0 Å². The lowest BCUT2D eigenvalue weighted by atomic mass is 9.78. The smallest absolute Gasteiger partial charge is 0.275 e. The summed E-state index contributed by atoms with van der Waals surface area (Å²) >= 11 is 1.45. The Labute approximate surface area is 122 Å². The first-order chi connectivity index (χ1) is 9.54. The van der Waals surface area contributed by atoms with E-state index in [-0.39, 0.29) is 5.56 Å². The summed E-state index contributed by atoms with van der Waals surface area (Å²) in [6.07, 6.45) is 3.73. The fraction of sp³-hybridized carbons (Fsp3) is 0.643. The number of nitrogens with zero attached hydrogens (tertiary/aromatic N) is 3. The normalized spacial score (nSPS) is 26.9. The van der Waals surface area contributed by atoms with E-state index in [1.54, 1.807) is 0 Å². The molecular formula is C14H20N4OS. The molecule has 0 unspecified atom stereocenters. The monoisotopic (exact) mass is 292 g/mol. The third-order valence-corrected chi connectivity index (χ3v) is 5.23. The van der Waals surface area contributed by atoms with Crippen molar-refractivity contribution < 1.29 is 0 Å². The van der Waals surface area contributed by atoms with Crippen LogP contribution >= 0.6 is 11.3 Å². The number of fused-ring (bicyclic) bond motifs is 1. The number of anilines is 1. The summed E-state index contributed by atoms with van der Waals surface area (Å²) in [7, 11) is 0. The minimum atomic E-state index is -0.109. The first kappa shape index (κ1) is 13.5. The van der Waals surface area contributed by atoms with Crippen molar-refractivity contribution in [3.05, 3.63) is 22.1 Å². The SMILES string of the molecule is Cc1cc(=O)n2nc(N[C@@H]3CCC[C@@H](C)[C@H]3C)sc2n1. The summed E-state index contributed by atoms with van der Waals surface area (Å²) in [5, 5.41) is 8.66. The minimum absolute atomic E-state index is 0.109. The topological polar surface area (TPSA) is 59.3 Å². The van der Waals surface area contributed by atoms with Crippen molar-refractivity contribution in [1.82, 2.24) is 14.6 Å². The highest BCUT2D eigenvalue weighted by Gasteiger charge is 2.27. The summed E-state index contributed by atoms with van der Waals surface area (Å²) < 4.78 is 1.39. The standard InChI is InChI=1S/C14H20N4OS/c1-8-5-4-6-11(10(8)3)16-13-17-18-12(19)7-9(2)15-14(18)20-13/h7-8,10-11H,4-6H2,1-3H3,(H,16,17)/t8-,10-,11-/m1/s1. The Morgan fingerprint density at radius 1 is 1.40 bits per heavy atom. The molecule has 6 heteroatoms. The van der Waals surface area contributed by atoms with Gasteiger partial charge in [-0.25, -0.2) is 4.98 Å². The molecule has 0 spiro atoms. The summed E-state index contributed by atoms with van der Waals surface area (Å²) in [6, 6.07) is 1.96. The third-order valence-electron chi connectivity index (χ3n) is 4.39. The van der Waals surface area contributed by atoms with Crippen LogP contribution in [0.3, 0.4) is 0 Å². The van der Waals surface area contributed by atoms with Crippen LogP contribution in [0.4, 0.5) is 5.13 Å². The predicted molar refractivity (Wildman–Crippen MR) is 81.5 cm³/mol. The quantitative estimate of drug-likeness (QED) is 0.924. The number of hydrogen-bond donors (Lipinski definition) is 1. The predicted octanol–water partition coefficient (Wildman–Crippen LogP) is 2.70. The van der Waals surface area contributed by atoms with Crippen molar-refractivity contribution in [2.75, 3.05) is 5.32 Å². The first-order valence-corrected chi connectivity index (χ1v) is 8.00. The molecule has 1 N–H and O–H groups in total. The van der Waals surface area contributed by atoms with Gasteiger partial charge in [0.2, 0.25) is 10.1 Å². The maximum absolute atomic E-state index is 11.9. The van der Waals surface area contributed by atoms with Crippen LogP contribution in [0.25, 0.3) is 4.96 Å². The first-order valence-electron chi connectivity index (χ1n) is 7.18. The van der Waals surface area contributed by atoms with E-state index in [0.717, 1.165) is 16.7 Å². The molecule has 0 radical (unpaired) electrons. The zero-order valence-corrected chi connectivity index (χ0v) is 12.9. The largest absolute Gasteiger partial charge is 0.357 e.